The molecule has 1 unspecified atom stereocenters. The third-order valence-electron chi connectivity index (χ3n) is 3.38. The van der Waals surface area contributed by atoms with Gasteiger partial charge in [-0.05, 0) is 38.8 Å². The fourth-order valence-electron chi connectivity index (χ4n) is 2.32. The zero-order valence-corrected chi connectivity index (χ0v) is 10.6. The SMILES string of the molecule is CN1CCCC(CCN(C)C(=O)CCN)C1. The second-order valence-corrected chi connectivity index (χ2v) is 4.91. The van der Waals surface area contributed by atoms with E-state index in [0.717, 1.165) is 18.9 Å². The zero-order valence-electron chi connectivity index (χ0n) is 10.6. The zero-order chi connectivity index (χ0) is 12.0. The van der Waals surface area contributed by atoms with Crippen molar-refractivity contribution in [3.63, 3.8) is 0 Å². The monoisotopic (exact) mass is 227 g/mol. The van der Waals surface area contributed by atoms with Crippen LogP contribution in [0.4, 0.5) is 0 Å². The highest BCUT2D eigenvalue weighted by atomic mass is 16.2. The van der Waals surface area contributed by atoms with Gasteiger partial charge in [-0.1, -0.05) is 0 Å². The number of carbonyl (C=O) groups excluding carboxylic acids is 1. The maximum Gasteiger partial charge on any atom is 0.223 e. The fourth-order valence-corrected chi connectivity index (χ4v) is 2.32. The normalized spacial score (nSPS) is 22.1. The van der Waals surface area contributed by atoms with Crippen LogP contribution in [0.2, 0.25) is 0 Å². The fraction of sp³-hybridized carbons (Fsp3) is 0.917. The molecule has 0 radical (unpaired) electrons. The van der Waals surface area contributed by atoms with E-state index in [9.17, 15) is 4.79 Å². The van der Waals surface area contributed by atoms with E-state index in [4.69, 9.17) is 5.73 Å². The summed E-state index contributed by atoms with van der Waals surface area (Å²) in [4.78, 5) is 15.7. The molecule has 1 rings (SSSR count). The topological polar surface area (TPSA) is 49.6 Å². The van der Waals surface area contributed by atoms with Crippen molar-refractivity contribution in [3.8, 4) is 0 Å². The highest BCUT2D eigenvalue weighted by molar-refractivity contribution is 5.75. The number of nitrogens with two attached hydrogens (primary N) is 1. The lowest BCUT2D eigenvalue weighted by atomic mass is 9.95. The Hall–Kier alpha value is -0.610. The Kier molecular flexibility index (Phi) is 5.77. The molecule has 94 valence electrons. The van der Waals surface area contributed by atoms with Gasteiger partial charge < -0.3 is 15.5 Å². The average Bonchev–Trinajstić information content (AvgIpc) is 2.26. The van der Waals surface area contributed by atoms with Crippen LogP contribution in [0, 0.1) is 5.92 Å². The predicted molar refractivity (Wildman–Crippen MR) is 66.1 cm³/mol. The van der Waals surface area contributed by atoms with Crippen molar-refractivity contribution < 1.29 is 4.79 Å². The molecule has 1 amide bonds. The number of amides is 1. The maximum atomic E-state index is 11.5. The van der Waals surface area contributed by atoms with Crippen molar-refractivity contribution in [3.05, 3.63) is 0 Å². The van der Waals surface area contributed by atoms with Gasteiger partial charge in [0.25, 0.3) is 0 Å². The number of hydrogen-bond acceptors (Lipinski definition) is 3. The summed E-state index contributed by atoms with van der Waals surface area (Å²) < 4.78 is 0. The molecule has 0 bridgehead atoms. The molecular weight excluding hydrogens is 202 g/mol. The van der Waals surface area contributed by atoms with Crippen LogP contribution >= 0.6 is 0 Å². The standard InChI is InChI=1S/C12H25N3O/c1-14-8-3-4-11(10-14)6-9-15(2)12(16)5-7-13/h11H,3-10,13H2,1-2H3. The summed E-state index contributed by atoms with van der Waals surface area (Å²) in [5, 5.41) is 0. The largest absolute Gasteiger partial charge is 0.346 e. The molecule has 16 heavy (non-hydrogen) atoms. The maximum absolute atomic E-state index is 11.5. The first kappa shape index (κ1) is 13.5. The molecule has 0 spiro atoms. The molecule has 0 aromatic rings. The second-order valence-electron chi connectivity index (χ2n) is 4.91. The van der Waals surface area contributed by atoms with E-state index in [-0.39, 0.29) is 5.91 Å². The van der Waals surface area contributed by atoms with E-state index in [2.05, 4.69) is 11.9 Å². The summed E-state index contributed by atoms with van der Waals surface area (Å²) in [5.41, 5.74) is 5.37. The Morgan fingerprint density at radius 3 is 2.94 bits per heavy atom. The van der Waals surface area contributed by atoms with Crippen LogP contribution in [0.3, 0.4) is 0 Å². The van der Waals surface area contributed by atoms with Crippen LogP contribution in [0.15, 0.2) is 0 Å². The number of likely N-dealkylation sites (tertiary alicyclic amines) is 1. The number of piperidine rings is 1. The molecular formula is C12H25N3O. The highest BCUT2D eigenvalue weighted by Crippen LogP contribution is 2.18. The predicted octanol–water partition coefficient (Wildman–Crippen LogP) is 0.526. The minimum atomic E-state index is 0.173. The summed E-state index contributed by atoms with van der Waals surface area (Å²) >= 11 is 0. The van der Waals surface area contributed by atoms with Gasteiger partial charge in [-0.15, -0.1) is 0 Å². The summed E-state index contributed by atoms with van der Waals surface area (Å²) in [6.45, 7) is 3.73. The Labute approximate surface area is 98.8 Å². The second kappa shape index (κ2) is 6.86. The van der Waals surface area contributed by atoms with Gasteiger partial charge in [0.05, 0.1) is 0 Å². The summed E-state index contributed by atoms with van der Waals surface area (Å²) in [7, 11) is 4.06. The first-order valence-corrected chi connectivity index (χ1v) is 6.26. The van der Waals surface area contributed by atoms with Gasteiger partial charge >= 0.3 is 0 Å². The lowest BCUT2D eigenvalue weighted by Crippen LogP contribution is -2.35. The number of hydrogen-bond donors (Lipinski definition) is 1. The molecule has 0 aliphatic carbocycles. The third-order valence-corrected chi connectivity index (χ3v) is 3.38. The Bertz CT molecular complexity index is 220. The first-order chi connectivity index (χ1) is 7.63. The molecule has 1 aliphatic rings. The molecule has 1 fully saturated rings. The van der Waals surface area contributed by atoms with Crippen LogP contribution in [0.25, 0.3) is 0 Å². The van der Waals surface area contributed by atoms with Crippen molar-refractivity contribution in [1.29, 1.82) is 0 Å². The van der Waals surface area contributed by atoms with Gasteiger partial charge in [-0.2, -0.15) is 0 Å². The summed E-state index contributed by atoms with van der Waals surface area (Å²) in [6, 6.07) is 0. The van der Waals surface area contributed by atoms with E-state index in [1.807, 2.05) is 11.9 Å². The lowest BCUT2D eigenvalue weighted by molar-refractivity contribution is -0.129. The van der Waals surface area contributed by atoms with Crippen LogP contribution in [0.5, 0.6) is 0 Å². The van der Waals surface area contributed by atoms with Crippen molar-refractivity contribution in [2.45, 2.75) is 25.7 Å². The van der Waals surface area contributed by atoms with E-state index < -0.39 is 0 Å². The Morgan fingerprint density at radius 2 is 2.31 bits per heavy atom. The minimum Gasteiger partial charge on any atom is -0.346 e. The van der Waals surface area contributed by atoms with E-state index in [1.54, 1.807) is 0 Å². The number of nitrogens with zero attached hydrogens (tertiary/aromatic N) is 2. The van der Waals surface area contributed by atoms with Gasteiger partial charge in [-0.3, -0.25) is 4.79 Å². The van der Waals surface area contributed by atoms with Crippen LogP contribution in [0.1, 0.15) is 25.7 Å². The summed E-state index contributed by atoms with van der Waals surface area (Å²) in [6.07, 6.45) is 4.20. The Morgan fingerprint density at radius 1 is 1.56 bits per heavy atom. The van der Waals surface area contributed by atoms with Crippen molar-refractivity contribution in [2.24, 2.45) is 11.7 Å². The van der Waals surface area contributed by atoms with E-state index in [1.165, 1.54) is 25.9 Å². The molecule has 2 N–H and O–H groups in total. The van der Waals surface area contributed by atoms with E-state index in [0.29, 0.717) is 13.0 Å². The molecule has 0 saturated carbocycles. The van der Waals surface area contributed by atoms with Crippen LogP contribution in [-0.4, -0.2) is 56.0 Å². The van der Waals surface area contributed by atoms with Gasteiger partial charge in [0.15, 0.2) is 0 Å². The molecule has 1 heterocycles. The van der Waals surface area contributed by atoms with Crippen molar-refractivity contribution in [2.75, 3.05) is 40.3 Å². The number of carbonyl (C=O) groups is 1. The van der Waals surface area contributed by atoms with Gasteiger partial charge in [0, 0.05) is 33.1 Å². The third kappa shape index (κ3) is 4.49. The van der Waals surface area contributed by atoms with Gasteiger partial charge in [0.1, 0.15) is 0 Å². The van der Waals surface area contributed by atoms with Crippen LogP contribution < -0.4 is 5.73 Å². The van der Waals surface area contributed by atoms with Crippen LogP contribution in [-0.2, 0) is 4.79 Å². The van der Waals surface area contributed by atoms with Gasteiger partial charge in [-0.25, -0.2) is 0 Å². The molecule has 4 nitrogen and oxygen atoms in total. The quantitative estimate of drug-likeness (QED) is 0.745. The van der Waals surface area contributed by atoms with Gasteiger partial charge in [0.2, 0.25) is 5.91 Å². The smallest absolute Gasteiger partial charge is 0.223 e. The molecule has 0 aromatic heterocycles. The minimum absolute atomic E-state index is 0.173. The lowest BCUT2D eigenvalue weighted by Gasteiger charge is -2.30. The highest BCUT2D eigenvalue weighted by Gasteiger charge is 2.18. The summed E-state index contributed by atoms with van der Waals surface area (Å²) in [5.74, 6) is 0.929. The first-order valence-electron chi connectivity index (χ1n) is 6.26. The molecule has 1 atom stereocenters. The average molecular weight is 227 g/mol. The molecule has 1 saturated heterocycles. The molecule has 4 heteroatoms. The van der Waals surface area contributed by atoms with E-state index >= 15 is 0 Å². The van der Waals surface area contributed by atoms with Crippen molar-refractivity contribution >= 4 is 5.91 Å². The van der Waals surface area contributed by atoms with Crippen molar-refractivity contribution in [1.82, 2.24) is 9.80 Å². The molecule has 1 aliphatic heterocycles. The molecule has 0 aromatic carbocycles. The Balaban J connectivity index is 2.20. The number of rotatable bonds is 5.